The van der Waals surface area contributed by atoms with Crippen LogP contribution in [0.1, 0.15) is 5.56 Å². The van der Waals surface area contributed by atoms with Gasteiger partial charge >= 0.3 is 0 Å². The fourth-order valence-electron chi connectivity index (χ4n) is 1.29. The monoisotopic (exact) mass is 297 g/mol. The fraction of sp³-hybridized carbons (Fsp3) is 0. The van der Waals surface area contributed by atoms with Gasteiger partial charge in [-0.25, -0.2) is 4.98 Å². The minimum atomic E-state index is 0.0217. The van der Waals surface area contributed by atoms with Gasteiger partial charge in [0.15, 0.2) is 0 Å². The van der Waals surface area contributed by atoms with Gasteiger partial charge in [0.2, 0.25) is 0 Å². The molecular formula is C12H9Cl2N3S. The normalized spacial score (nSPS) is 10.3. The van der Waals surface area contributed by atoms with Gasteiger partial charge in [0.25, 0.3) is 0 Å². The van der Waals surface area contributed by atoms with Crippen LogP contribution in [-0.2, 0) is 0 Å². The smallest absolute Gasteiger partial charge is 0.122 e. The number of halogens is 2. The summed E-state index contributed by atoms with van der Waals surface area (Å²) in [5.74, 6) is 0.0217. The first-order valence-electron chi connectivity index (χ1n) is 4.99. The molecule has 92 valence electrons. The number of nitrogens with one attached hydrogen (secondary N) is 1. The highest BCUT2D eigenvalue weighted by Crippen LogP contribution is 2.31. The number of amidine groups is 1. The standard InChI is InChI=1S/C12H9Cl2N3S/c13-9-2-1-8(6-10(9)14)18-11-5-7(12(15)16)3-4-17-11/h1-6H,(H3,15,16). The van der Waals surface area contributed by atoms with Gasteiger partial charge in [-0.3, -0.25) is 5.41 Å². The second kappa shape index (κ2) is 5.61. The number of nitrogens with two attached hydrogens (primary N) is 1. The predicted molar refractivity (Wildman–Crippen MR) is 75.8 cm³/mol. The van der Waals surface area contributed by atoms with Crippen LogP contribution in [0.5, 0.6) is 0 Å². The van der Waals surface area contributed by atoms with Gasteiger partial charge < -0.3 is 5.73 Å². The van der Waals surface area contributed by atoms with Crippen molar-refractivity contribution in [3.8, 4) is 0 Å². The van der Waals surface area contributed by atoms with Crippen molar-refractivity contribution in [2.75, 3.05) is 0 Å². The Morgan fingerprint density at radius 3 is 2.61 bits per heavy atom. The predicted octanol–water partition coefficient (Wildman–Crippen LogP) is 3.82. The molecule has 0 unspecified atom stereocenters. The van der Waals surface area contributed by atoms with Crippen molar-refractivity contribution in [3.05, 3.63) is 52.1 Å². The number of benzene rings is 1. The van der Waals surface area contributed by atoms with Crippen LogP contribution in [0.3, 0.4) is 0 Å². The second-order valence-electron chi connectivity index (χ2n) is 3.47. The molecule has 0 saturated carbocycles. The van der Waals surface area contributed by atoms with Crippen LogP contribution < -0.4 is 5.73 Å². The molecule has 6 heteroatoms. The van der Waals surface area contributed by atoms with E-state index in [0.717, 1.165) is 9.92 Å². The maximum Gasteiger partial charge on any atom is 0.122 e. The first kappa shape index (κ1) is 13.2. The Labute approximate surface area is 119 Å². The molecule has 0 atom stereocenters. The number of rotatable bonds is 3. The van der Waals surface area contributed by atoms with Crippen molar-refractivity contribution in [2.24, 2.45) is 5.73 Å². The molecule has 0 aliphatic carbocycles. The summed E-state index contributed by atoms with van der Waals surface area (Å²) >= 11 is 13.2. The molecular weight excluding hydrogens is 289 g/mol. The lowest BCUT2D eigenvalue weighted by Gasteiger charge is -2.04. The van der Waals surface area contributed by atoms with Crippen molar-refractivity contribution in [1.82, 2.24) is 4.98 Å². The molecule has 0 aliphatic heterocycles. The second-order valence-corrected chi connectivity index (χ2v) is 5.38. The summed E-state index contributed by atoms with van der Waals surface area (Å²) in [6.07, 6.45) is 1.62. The lowest BCUT2D eigenvalue weighted by molar-refractivity contribution is 1.12. The van der Waals surface area contributed by atoms with Crippen LogP contribution in [0.2, 0.25) is 10.0 Å². The molecule has 0 bridgehead atoms. The average Bonchev–Trinajstić information content (AvgIpc) is 2.34. The molecule has 2 rings (SSSR count). The largest absolute Gasteiger partial charge is 0.384 e. The van der Waals surface area contributed by atoms with E-state index < -0.39 is 0 Å². The number of nitrogen functional groups attached to an aromatic ring is 1. The third-order valence-electron chi connectivity index (χ3n) is 2.16. The maximum absolute atomic E-state index is 7.38. The van der Waals surface area contributed by atoms with Crippen LogP contribution in [0, 0.1) is 5.41 Å². The minimum Gasteiger partial charge on any atom is -0.384 e. The molecule has 1 aromatic carbocycles. The van der Waals surface area contributed by atoms with Gasteiger partial charge in [0.05, 0.1) is 10.0 Å². The molecule has 0 spiro atoms. The molecule has 0 saturated heterocycles. The van der Waals surface area contributed by atoms with Gasteiger partial charge in [-0.1, -0.05) is 35.0 Å². The highest BCUT2D eigenvalue weighted by molar-refractivity contribution is 7.99. The molecule has 1 aromatic heterocycles. The Bertz CT molecular complexity index is 602. The highest BCUT2D eigenvalue weighted by atomic mass is 35.5. The fourth-order valence-corrected chi connectivity index (χ4v) is 2.51. The van der Waals surface area contributed by atoms with Gasteiger partial charge in [-0.05, 0) is 30.3 Å². The van der Waals surface area contributed by atoms with Crippen LogP contribution in [-0.4, -0.2) is 10.8 Å². The Morgan fingerprint density at radius 1 is 1.17 bits per heavy atom. The quantitative estimate of drug-likeness (QED) is 0.668. The maximum atomic E-state index is 7.38. The summed E-state index contributed by atoms with van der Waals surface area (Å²) in [4.78, 5) is 5.13. The van der Waals surface area contributed by atoms with Crippen LogP contribution in [0.25, 0.3) is 0 Å². The SMILES string of the molecule is N=C(N)c1ccnc(Sc2ccc(Cl)c(Cl)c2)c1. The summed E-state index contributed by atoms with van der Waals surface area (Å²) in [7, 11) is 0. The third-order valence-corrected chi connectivity index (χ3v) is 3.82. The molecule has 0 radical (unpaired) electrons. The van der Waals surface area contributed by atoms with Gasteiger partial charge in [-0.2, -0.15) is 0 Å². The zero-order valence-corrected chi connectivity index (χ0v) is 11.5. The highest BCUT2D eigenvalue weighted by Gasteiger charge is 2.04. The van der Waals surface area contributed by atoms with Crippen molar-refractivity contribution < 1.29 is 0 Å². The number of hydrogen-bond acceptors (Lipinski definition) is 3. The number of hydrogen-bond donors (Lipinski definition) is 2. The Balaban J connectivity index is 2.25. The topological polar surface area (TPSA) is 62.8 Å². The van der Waals surface area contributed by atoms with Gasteiger partial charge in [0, 0.05) is 16.7 Å². The first-order chi connectivity index (χ1) is 8.56. The molecule has 0 aliphatic rings. The molecule has 2 aromatic rings. The summed E-state index contributed by atoms with van der Waals surface area (Å²) in [5, 5.41) is 9.15. The van der Waals surface area contributed by atoms with Crippen molar-refractivity contribution >= 4 is 40.8 Å². The number of pyridine rings is 1. The molecule has 3 nitrogen and oxygen atoms in total. The van der Waals surface area contributed by atoms with E-state index in [-0.39, 0.29) is 5.84 Å². The Kier molecular flexibility index (Phi) is 4.11. The zero-order valence-electron chi connectivity index (χ0n) is 9.15. The van der Waals surface area contributed by atoms with E-state index in [1.54, 1.807) is 30.5 Å². The van der Waals surface area contributed by atoms with Crippen molar-refractivity contribution in [3.63, 3.8) is 0 Å². The summed E-state index contributed by atoms with van der Waals surface area (Å²) in [5.41, 5.74) is 6.07. The minimum absolute atomic E-state index is 0.0217. The summed E-state index contributed by atoms with van der Waals surface area (Å²) in [6, 6.07) is 8.83. The Hall–Kier alpha value is -1.23. The molecule has 0 fully saturated rings. The zero-order chi connectivity index (χ0) is 13.1. The van der Waals surface area contributed by atoms with Crippen LogP contribution in [0.4, 0.5) is 0 Å². The van der Waals surface area contributed by atoms with Gasteiger partial charge in [-0.15, -0.1) is 0 Å². The number of aromatic nitrogens is 1. The Morgan fingerprint density at radius 2 is 1.94 bits per heavy atom. The van der Waals surface area contributed by atoms with Crippen molar-refractivity contribution in [1.29, 1.82) is 5.41 Å². The van der Waals surface area contributed by atoms with E-state index in [1.165, 1.54) is 11.8 Å². The van der Waals surface area contributed by atoms with E-state index in [1.807, 2.05) is 6.07 Å². The lowest BCUT2D eigenvalue weighted by atomic mass is 10.2. The van der Waals surface area contributed by atoms with Crippen LogP contribution in [0.15, 0.2) is 46.5 Å². The van der Waals surface area contributed by atoms with Gasteiger partial charge in [0.1, 0.15) is 10.9 Å². The number of nitrogens with zero attached hydrogens (tertiary/aromatic N) is 1. The van der Waals surface area contributed by atoms with E-state index in [4.69, 9.17) is 34.3 Å². The molecule has 1 heterocycles. The van der Waals surface area contributed by atoms with Crippen molar-refractivity contribution in [2.45, 2.75) is 9.92 Å². The third kappa shape index (κ3) is 3.16. The van der Waals surface area contributed by atoms with E-state index in [2.05, 4.69) is 4.98 Å². The molecule has 18 heavy (non-hydrogen) atoms. The van der Waals surface area contributed by atoms with Crippen LogP contribution >= 0.6 is 35.0 Å². The summed E-state index contributed by atoms with van der Waals surface area (Å²) in [6.45, 7) is 0. The lowest BCUT2D eigenvalue weighted by Crippen LogP contribution is -2.10. The first-order valence-corrected chi connectivity index (χ1v) is 6.57. The van der Waals surface area contributed by atoms with E-state index >= 15 is 0 Å². The average molecular weight is 298 g/mol. The summed E-state index contributed by atoms with van der Waals surface area (Å²) < 4.78 is 0. The van der Waals surface area contributed by atoms with E-state index in [9.17, 15) is 0 Å². The molecule has 3 N–H and O–H groups in total. The molecule has 0 amide bonds. The van der Waals surface area contributed by atoms with E-state index in [0.29, 0.717) is 15.6 Å².